The molecule has 0 unspecified atom stereocenters. The number of hydrogen-bond donors (Lipinski definition) is 1. The Morgan fingerprint density at radius 3 is 2.76 bits per heavy atom. The van der Waals surface area contributed by atoms with Crippen molar-refractivity contribution in [2.24, 2.45) is 5.73 Å². The lowest BCUT2D eigenvalue weighted by atomic mass is 10.1. The average Bonchev–Trinajstić information content (AvgIpc) is 2.93. The average molecular weight is 297 g/mol. The molecule has 0 atom stereocenters. The normalized spacial score (nSPS) is 15.1. The van der Waals surface area contributed by atoms with E-state index in [0.29, 0.717) is 31.0 Å². The summed E-state index contributed by atoms with van der Waals surface area (Å²) in [6.45, 7) is 1.44. The highest BCUT2D eigenvalue weighted by Crippen LogP contribution is 2.38. The number of nitrogens with zero attached hydrogens (tertiary/aromatic N) is 4. The topological polar surface area (TPSA) is 60.0 Å². The van der Waals surface area contributed by atoms with Gasteiger partial charge in [-0.25, -0.2) is 0 Å². The summed E-state index contributed by atoms with van der Waals surface area (Å²) in [5.74, 6) is 0.664. The molecular formula is C13H14F3N5. The Morgan fingerprint density at radius 1 is 1.24 bits per heavy atom. The van der Waals surface area contributed by atoms with Gasteiger partial charge >= 0.3 is 6.18 Å². The van der Waals surface area contributed by atoms with Gasteiger partial charge in [0.25, 0.3) is 0 Å². The lowest BCUT2D eigenvalue weighted by Gasteiger charge is -2.31. The minimum absolute atomic E-state index is 0.0810. The van der Waals surface area contributed by atoms with Crippen LogP contribution in [0.4, 0.5) is 18.9 Å². The van der Waals surface area contributed by atoms with E-state index in [1.165, 1.54) is 6.07 Å². The number of hydrogen-bond acceptors (Lipinski definition) is 4. The molecule has 0 saturated carbocycles. The van der Waals surface area contributed by atoms with Crippen LogP contribution >= 0.6 is 0 Å². The van der Waals surface area contributed by atoms with Crippen molar-refractivity contribution in [2.75, 3.05) is 11.4 Å². The van der Waals surface area contributed by atoms with Crippen LogP contribution in [0.3, 0.4) is 0 Å². The number of fused-ring (bicyclic) bond motifs is 1. The van der Waals surface area contributed by atoms with E-state index in [4.69, 9.17) is 5.73 Å². The molecule has 3 rings (SSSR count). The van der Waals surface area contributed by atoms with Crippen molar-refractivity contribution in [1.82, 2.24) is 14.8 Å². The number of anilines is 1. The molecule has 0 bridgehead atoms. The molecule has 0 fully saturated rings. The third-order valence-electron chi connectivity index (χ3n) is 3.58. The molecule has 0 amide bonds. The first kappa shape index (κ1) is 13.9. The summed E-state index contributed by atoms with van der Waals surface area (Å²) >= 11 is 0. The van der Waals surface area contributed by atoms with E-state index < -0.39 is 11.7 Å². The fourth-order valence-electron chi connectivity index (χ4n) is 2.48. The Hall–Kier alpha value is -2.09. The van der Waals surface area contributed by atoms with E-state index in [0.717, 1.165) is 6.07 Å². The van der Waals surface area contributed by atoms with Gasteiger partial charge in [-0.15, -0.1) is 10.2 Å². The maximum Gasteiger partial charge on any atom is 0.418 e. The first-order chi connectivity index (χ1) is 9.99. The summed E-state index contributed by atoms with van der Waals surface area (Å²) in [5, 5.41) is 7.71. The van der Waals surface area contributed by atoms with Crippen LogP contribution in [0.1, 0.15) is 17.0 Å². The summed E-state index contributed by atoms with van der Waals surface area (Å²) in [4.78, 5) is 1.67. The first-order valence-electron chi connectivity index (χ1n) is 6.51. The second-order valence-electron chi connectivity index (χ2n) is 4.92. The fourth-order valence-corrected chi connectivity index (χ4v) is 2.48. The fraction of sp³-hybridized carbons (Fsp3) is 0.385. The SMILES string of the molecule is NCc1ccc(N2CCn3cnnc3C2)c(C(F)(F)F)c1. The van der Waals surface area contributed by atoms with Crippen molar-refractivity contribution >= 4 is 5.69 Å². The molecule has 21 heavy (non-hydrogen) atoms. The van der Waals surface area contributed by atoms with Crippen LogP contribution in [0.25, 0.3) is 0 Å². The monoisotopic (exact) mass is 297 g/mol. The second kappa shape index (κ2) is 5.03. The number of benzene rings is 1. The predicted molar refractivity (Wildman–Crippen MR) is 70.4 cm³/mol. The van der Waals surface area contributed by atoms with Gasteiger partial charge in [0.1, 0.15) is 6.33 Å². The Morgan fingerprint density at radius 2 is 2.05 bits per heavy atom. The van der Waals surface area contributed by atoms with Gasteiger partial charge in [0.05, 0.1) is 12.1 Å². The molecule has 0 saturated heterocycles. The van der Waals surface area contributed by atoms with Gasteiger partial charge < -0.3 is 15.2 Å². The van der Waals surface area contributed by atoms with Crippen LogP contribution in [-0.4, -0.2) is 21.3 Å². The van der Waals surface area contributed by atoms with Gasteiger partial charge in [0.2, 0.25) is 0 Å². The number of rotatable bonds is 2. The highest BCUT2D eigenvalue weighted by molar-refractivity contribution is 5.56. The van der Waals surface area contributed by atoms with E-state index in [1.807, 2.05) is 4.57 Å². The summed E-state index contributed by atoms with van der Waals surface area (Å²) in [5.41, 5.74) is 5.41. The molecule has 2 heterocycles. The zero-order valence-electron chi connectivity index (χ0n) is 11.1. The lowest BCUT2D eigenvalue weighted by Crippen LogP contribution is -2.35. The van der Waals surface area contributed by atoms with Gasteiger partial charge in [-0.2, -0.15) is 13.2 Å². The number of halogens is 3. The Bertz CT molecular complexity index is 649. The van der Waals surface area contributed by atoms with Crippen LogP contribution < -0.4 is 10.6 Å². The van der Waals surface area contributed by atoms with Crippen molar-refractivity contribution in [3.63, 3.8) is 0 Å². The molecule has 1 aliphatic rings. The lowest BCUT2D eigenvalue weighted by molar-refractivity contribution is -0.137. The standard InChI is InChI=1S/C13H14F3N5/c14-13(15,16)10-5-9(6-17)1-2-11(10)20-3-4-21-8-18-19-12(21)7-20/h1-2,5,8H,3-4,6-7,17H2. The van der Waals surface area contributed by atoms with Gasteiger partial charge in [0, 0.05) is 25.3 Å². The van der Waals surface area contributed by atoms with Gasteiger partial charge in [-0.3, -0.25) is 0 Å². The van der Waals surface area contributed by atoms with Crippen LogP contribution in [0.15, 0.2) is 24.5 Å². The van der Waals surface area contributed by atoms with E-state index in [-0.39, 0.29) is 12.2 Å². The maximum absolute atomic E-state index is 13.3. The number of nitrogens with two attached hydrogens (primary N) is 1. The molecule has 8 heteroatoms. The quantitative estimate of drug-likeness (QED) is 0.918. The van der Waals surface area contributed by atoms with Crippen molar-refractivity contribution in [1.29, 1.82) is 0 Å². The summed E-state index contributed by atoms with van der Waals surface area (Å²) in [6, 6.07) is 4.23. The Kier molecular flexibility index (Phi) is 3.32. The number of alkyl halides is 3. The minimum Gasteiger partial charge on any atom is -0.362 e. The molecule has 2 N–H and O–H groups in total. The van der Waals surface area contributed by atoms with Crippen molar-refractivity contribution in [3.8, 4) is 0 Å². The van der Waals surface area contributed by atoms with Crippen molar-refractivity contribution in [3.05, 3.63) is 41.5 Å². The third-order valence-corrected chi connectivity index (χ3v) is 3.58. The van der Waals surface area contributed by atoms with Crippen molar-refractivity contribution < 1.29 is 13.2 Å². The predicted octanol–water partition coefficient (Wildman–Crippen LogP) is 1.78. The molecule has 1 aromatic carbocycles. The minimum atomic E-state index is -4.41. The first-order valence-corrected chi connectivity index (χ1v) is 6.51. The van der Waals surface area contributed by atoms with E-state index in [9.17, 15) is 13.2 Å². The molecule has 112 valence electrons. The largest absolute Gasteiger partial charge is 0.418 e. The highest BCUT2D eigenvalue weighted by Gasteiger charge is 2.35. The number of aromatic nitrogens is 3. The van der Waals surface area contributed by atoms with E-state index in [1.54, 1.807) is 17.3 Å². The zero-order valence-corrected chi connectivity index (χ0v) is 11.1. The summed E-state index contributed by atoms with van der Waals surface area (Å²) in [6.07, 6.45) is -2.82. The molecule has 0 radical (unpaired) electrons. The molecule has 0 aliphatic carbocycles. The second-order valence-corrected chi connectivity index (χ2v) is 4.92. The van der Waals surface area contributed by atoms with E-state index >= 15 is 0 Å². The highest BCUT2D eigenvalue weighted by atomic mass is 19.4. The summed E-state index contributed by atoms with van der Waals surface area (Å²) in [7, 11) is 0. The smallest absolute Gasteiger partial charge is 0.362 e. The molecule has 1 aliphatic heterocycles. The van der Waals surface area contributed by atoms with Gasteiger partial charge in [-0.05, 0) is 17.7 Å². The van der Waals surface area contributed by atoms with Gasteiger partial charge in [0.15, 0.2) is 5.82 Å². The van der Waals surface area contributed by atoms with Gasteiger partial charge in [-0.1, -0.05) is 6.07 Å². The molecular weight excluding hydrogens is 283 g/mol. The Balaban J connectivity index is 1.99. The third kappa shape index (κ3) is 2.58. The molecule has 1 aromatic heterocycles. The van der Waals surface area contributed by atoms with Crippen LogP contribution in [-0.2, 0) is 25.8 Å². The van der Waals surface area contributed by atoms with Crippen LogP contribution in [0, 0.1) is 0 Å². The van der Waals surface area contributed by atoms with Crippen LogP contribution in [0.2, 0.25) is 0 Å². The van der Waals surface area contributed by atoms with E-state index in [2.05, 4.69) is 10.2 Å². The molecule has 2 aromatic rings. The summed E-state index contributed by atoms with van der Waals surface area (Å²) < 4.78 is 41.6. The van der Waals surface area contributed by atoms with Crippen LogP contribution in [0.5, 0.6) is 0 Å². The Labute approximate surface area is 119 Å². The maximum atomic E-state index is 13.3. The van der Waals surface area contributed by atoms with Crippen molar-refractivity contribution in [2.45, 2.75) is 25.8 Å². The zero-order chi connectivity index (χ0) is 15.0. The molecule has 5 nitrogen and oxygen atoms in total. The molecule has 0 spiro atoms.